The molecule has 0 radical (unpaired) electrons. The molecule has 0 saturated heterocycles. The van der Waals surface area contributed by atoms with E-state index in [-0.39, 0.29) is 5.97 Å². The van der Waals surface area contributed by atoms with Gasteiger partial charge >= 0.3 is 5.97 Å². The van der Waals surface area contributed by atoms with Gasteiger partial charge in [-0.1, -0.05) is 18.3 Å². The van der Waals surface area contributed by atoms with Gasteiger partial charge < -0.3 is 10.1 Å². The molecule has 0 saturated carbocycles. The molecule has 4 nitrogen and oxygen atoms in total. The van der Waals surface area contributed by atoms with E-state index in [4.69, 9.17) is 4.74 Å². The molecule has 1 aromatic heterocycles. The van der Waals surface area contributed by atoms with Crippen molar-refractivity contribution >= 4 is 34.2 Å². The lowest BCUT2D eigenvalue weighted by Crippen LogP contribution is -2.12. The Morgan fingerprint density at radius 2 is 2.35 bits per heavy atom. The molecule has 0 amide bonds. The summed E-state index contributed by atoms with van der Waals surface area (Å²) in [6, 6.07) is 0. The maximum Gasteiger partial charge on any atom is 0.350 e. The van der Waals surface area contributed by atoms with Crippen LogP contribution in [0, 0.1) is 12.8 Å². The average Bonchev–Trinajstić information content (AvgIpc) is 2.67. The molecule has 1 rings (SSSR count). The minimum Gasteiger partial charge on any atom is -0.465 e. The molecule has 0 aliphatic heterocycles. The molecule has 1 aromatic rings. The predicted octanol–water partition coefficient (Wildman–Crippen LogP) is 2.65. The lowest BCUT2D eigenvalue weighted by atomic mass is 10.2. The molecule has 0 aliphatic carbocycles. The van der Waals surface area contributed by atoms with Gasteiger partial charge in [-0.25, -0.2) is 9.78 Å². The van der Waals surface area contributed by atoms with Crippen LogP contribution < -0.4 is 5.32 Å². The molecule has 96 valence electrons. The van der Waals surface area contributed by atoms with Gasteiger partial charge in [-0.15, -0.1) is 0 Å². The number of thiazole rings is 1. The van der Waals surface area contributed by atoms with E-state index in [1.54, 1.807) is 0 Å². The first-order valence-corrected chi connectivity index (χ1v) is 7.58. The van der Waals surface area contributed by atoms with Crippen molar-refractivity contribution in [3.63, 3.8) is 0 Å². The summed E-state index contributed by atoms with van der Waals surface area (Å²) < 4.78 is 4.69. The second-order valence-electron chi connectivity index (χ2n) is 3.87. The Hall–Kier alpha value is -0.750. The highest BCUT2D eigenvalue weighted by atomic mass is 32.2. The highest BCUT2D eigenvalue weighted by Crippen LogP contribution is 2.23. The standard InChI is InChI=1S/C11H18N2O2S2/c1-7(6-16-4)5-12-11-13-8(2)9(17-11)10(14)15-3/h7H,5-6H2,1-4H3,(H,12,13). The highest BCUT2D eigenvalue weighted by Gasteiger charge is 2.15. The summed E-state index contributed by atoms with van der Waals surface area (Å²) in [6.07, 6.45) is 2.10. The zero-order chi connectivity index (χ0) is 12.8. The first-order valence-electron chi connectivity index (χ1n) is 5.37. The van der Waals surface area contributed by atoms with Crippen LogP contribution in [-0.4, -0.2) is 36.6 Å². The molecule has 0 spiro atoms. The molecule has 17 heavy (non-hydrogen) atoms. The van der Waals surface area contributed by atoms with Gasteiger partial charge in [-0.3, -0.25) is 0 Å². The molecule has 6 heteroatoms. The molecule has 0 aliphatic rings. The van der Waals surface area contributed by atoms with Gasteiger partial charge in [0.1, 0.15) is 4.88 Å². The third-order valence-corrected chi connectivity index (χ3v) is 4.22. The smallest absolute Gasteiger partial charge is 0.350 e. The quantitative estimate of drug-likeness (QED) is 0.808. The number of aromatic nitrogens is 1. The molecule has 0 fully saturated rings. The van der Waals surface area contributed by atoms with Crippen LogP contribution in [0.1, 0.15) is 22.3 Å². The zero-order valence-corrected chi connectivity index (χ0v) is 12.2. The van der Waals surface area contributed by atoms with Crippen molar-refractivity contribution in [1.29, 1.82) is 0 Å². The van der Waals surface area contributed by atoms with E-state index in [0.717, 1.165) is 23.1 Å². The minimum absolute atomic E-state index is 0.315. The van der Waals surface area contributed by atoms with Crippen molar-refractivity contribution in [2.45, 2.75) is 13.8 Å². The lowest BCUT2D eigenvalue weighted by molar-refractivity contribution is 0.0605. The maximum absolute atomic E-state index is 11.4. The van der Waals surface area contributed by atoms with Crippen molar-refractivity contribution in [3.8, 4) is 0 Å². The number of carbonyl (C=O) groups excluding carboxylic acids is 1. The Labute approximate surface area is 110 Å². The zero-order valence-electron chi connectivity index (χ0n) is 10.6. The topological polar surface area (TPSA) is 51.2 Å². The number of nitrogens with zero attached hydrogens (tertiary/aromatic N) is 1. The third kappa shape index (κ3) is 4.20. The molecule has 1 unspecified atom stereocenters. The second-order valence-corrected chi connectivity index (χ2v) is 5.78. The van der Waals surface area contributed by atoms with E-state index in [1.807, 2.05) is 18.7 Å². The Morgan fingerprint density at radius 3 is 2.94 bits per heavy atom. The fourth-order valence-corrected chi connectivity index (χ4v) is 2.94. The second kappa shape index (κ2) is 6.86. The van der Waals surface area contributed by atoms with E-state index in [0.29, 0.717) is 10.8 Å². The number of aryl methyl sites for hydroxylation is 1. The van der Waals surface area contributed by atoms with Crippen LogP contribution in [0.3, 0.4) is 0 Å². The Balaban J connectivity index is 2.58. The normalized spacial score (nSPS) is 12.2. The molecule has 0 aromatic carbocycles. The van der Waals surface area contributed by atoms with Crippen LogP contribution in [0.5, 0.6) is 0 Å². The Kier molecular flexibility index (Phi) is 5.77. The molecule has 1 heterocycles. The largest absolute Gasteiger partial charge is 0.465 e. The fraction of sp³-hybridized carbons (Fsp3) is 0.636. The monoisotopic (exact) mass is 274 g/mol. The minimum atomic E-state index is -0.315. The molecular weight excluding hydrogens is 256 g/mol. The molecule has 1 atom stereocenters. The fourth-order valence-electron chi connectivity index (χ4n) is 1.36. The Morgan fingerprint density at radius 1 is 1.65 bits per heavy atom. The highest BCUT2D eigenvalue weighted by molar-refractivity contribution is 7.98. The summed E-state index contributed by atoms with van der Waals surface area (Å²) >= 11 is 3.18. The molecule has 1 N–H and O–H groups in total. The third-order valence-electron chi connectivity index (χ3n) is 2.22. The number of anilines is 1. The van der Waals surface area contributed by atoms with Gasteiger partial charge in [-0.05, 0) is 24.9 Å². The van der Waals surface area contributed by atoms with Crippen molar-refractivity contribution in [1.82, 2.24) is 4.98 Å². The van der Waals surface area contributed by atoms with Crippen molar-refractivity contribution in [2.75, 3.05) is 31.0 Å². The van der Waals surface area contributed by atoms with Crippen molar-refractivity contribution in [2.24, 2.45) is 5.92 Å². The summed E-state index contributed by atoms with van der Waals surface area (Å²) in [5.41, 5.74) is 0.724. The van der Waals surface area contributed by atoms with Gasteiger partial charge in [0, 0.05) is 6.54 Å². The number of nitrogens with one attached hydrogen (secondary N) is 1. The number of rotatable bonds is 6. The van der Waals surface area contributed by atoms with Gasteiger partial charge in [0.25, 0.3) is 0 Å². The number of hydrogen-bond acceptors (Lipinski definition) is 6. The molecular formula is C11H18N2O2S2. The van der Waals surface area contributed by atoms with E-state index < -0.39 is 0 Å². The summed E-state index contributed by atoms with van der Waals surface area (Å²) in [5.74, 6) is 1.38. The number of esters is 1. The van der Waals surface area contributed by atoms with E-state index in [9.17, 15) is 4.79 Å². The van der Waals surface area contributed by atoms with Crippen LogP contribution >= 0.6 is 23.1 Å². The SMILES string of the molecule is COC(=O)c1sc(NCC(C)CSC)nc1C. The van der Waals surface area contributed by atoms with Crippen molar-refractivity contribution in [3.05, 3.63) is 10.6 Å². The first-order chi connectivity index (χ1) is 8.08. The van der Waals surface area contributed by atoms with Crippen molar-refractivity contribution < 1.29 is 9.53 Å². The van der Waals surface area contributed by atoms with Crippen LogP contribution in [0.25, 0.3) is 0 Å². The number of carbonyl (C=O) groups is 1. The maximum atomic E-state index is 11.4. The van der Waals surface area contributed by atoms with E-state index in [2.05, 4.69) is 23.5 Å². The number of methoxy groups -OCH3 is 1. The van der Waals surface area contributed by atoms with Gasteiger partial charge in [0.15, 0.2) is 5.13 Å². The van der Waals surface area contributed by atoms with Crippen LogP contribution in [0.4, 0.5) is 5.13 Å². The predicted molar refractivity (Wildman–Crippen MR) is 74.2 cm³/mol. The van der Waals surface area contributed by atoms with Crippen LogP contribution in [0.2, 0.25) is 0 Å². The summed E-state index contributed by atoms with van der Waals surface area (Å²) in [5, 5.41) is 4.04. The number of ether oxygens (including phenoxy) is 1. The summed E-state index contributed by atoms with van der Waals surface area (Å²) in [4.78, 5) is 16.3. The number of thioether (sulfide) groups is 1. The summed E-state index contributed by atoms with van der Waals surface area (Å²) in [7, 11) is 1.38. The average molecular weight is 274 g/mol. The Bertz CT molecular complexity index is 380. The van der Waals surface area contributed by atoms with Crippen LogP contribution in [-0.2, 0) is 4.74 Å². The van der Waals surface area contributed by atoms with E-state index in [1.165, 1.54) is 18.4 Å². The lowest BCUT2D eigenvalue weighted by Gasteiger charge is -2.09. The van der Waals surface area contributed by atoms with Gasteiger partial charge in [0.05, 0.1) is 12.8 Å². The summed E-state index contributed by atoms with van der Waals surface area (Å²) in [6.45, 7) is 4.87. The van der Waals surface area contributed by atoms with E-state index >= 15 is 0 Å². The van der Waals surface area contributed by atoms with Gasteiger partial charge in [-0.2, -0.15) is 11.8 Å². The van der Waals surface area contributed by atoms with Gasteiger partial charge in [0.2, 0.25) is 0 Å². The van der Waals surface area contributed by atoms with Crippen LogP contribution in [0.15, 0.2) is 0 Å². The molecule has 0 bridgehead atoms. The number of hydrogen-bond donors (Lipinski definition) is 1. The first kappa shape index (κ1) is 14.3.